The molecule has 0 aliphatic rings. The number of pyridine rings is 2. The van der Waals surface area contributed by atoms with Crippen molar-refractivity contribution in [2.45, 2.75) is 27.7 Å². The fourth-order valence-corrected chi connectivity index (χ4v) is 13.4. The summed E-state index contributed by atoms with van der Waals surface area (Å²) in [5, 5.41) is 32.1. The smallest absolute Gasteiger partial charge is 0.104 e. The average molecular weight is 1080 g/mol. The fourth-order valence-electron chi connectivity index (χ4n) is 13.4. The van der Waals surface area contributed by atoms with E-state index in [1.807, 2.05) is 49.1 Å². The number of nitrogens with zero attached hydrogens (tertiary/aromatic N) is 8. The minimum Gasteiger partial charge on any atom is -0.308 e. The molecule has 8 nitrogen and oxygen atoms in total. The maximum absolute atomic E-state index is 11.6. The van der Waals surface area contributed by atoms with Gasteiger partial charge >= 0.3 is 0 Å². The van der Waals surface area contributed by atoms with Gasteiger partial charge < -0.3 is 18.3 Å². The maximum atomic E-state index is 11.6. The predicted octanol–water partition coefficient (Wildman–Crippen LogP) is 18.8. The Balaban J connectivity index is 0.917. The van der Waals surface area contributed by atoms with Gasteiger partial charge in [-0.1, -0.05) is 96.1 Å². The van der Waals surface area contributed by atoms with Crippen LogP contribution in [0.1, 0.15) is 33.4 Å². The van der Waals surface area contributed by atoms with Crippen molar-refractivity contribution in [3.05, 3.63) is 264 Å². The first-order chi connectivity index (χ1) is 41.2. The first-order valence-electron chi connectivity index (χ1n) is 28.3. The standard InChI is InChI=1S/C76H50N8/c1-45-15-21-67-59(33-45)56-10-6-8-12-66(56)81(67)73-39-53(49-25-29-79-30-26-49)40-74(63(73)43-77)82-68-22-16-46(2)34-60(68)62-38-52(18-24-70(62)82)51-17-23-69-61(37-51)58-20-14-48(4)36-72(58)84(69)76-42-54(50-27-31-80-32-28-50)41-75(64(76)44-78)83-65-11-7-5-9-55(65)57-19-13-47(3)35-71(57)83/h5-42H,1-4H3. The highest BCUT2D eigenvalue weighted by molar-refractivity contribution is 6.15. The Bertz CT molecular complexity index is 5560. The van der Waals surface area contributed by atoms with E-state index in [9.17, 15) is 10.5 Å². The minimum absolute atomic E-state index is 0.569. The molecular formula is C76H50N8. The van der Waals surface area contributed by atoms with Gasteiger partial charge in [-0.15, -0.1) is 0 Å². The van der Waals surface area contributed by atoms with Crippen LogP contribution in [0.2, 0.25) is 0 Å². The van der Waals surface area contributed by atoms with Crippen LogP contribution in [0.25, 0.3) is 143 Å². The lowest BCUT2D eigenvalue weighted by Crippen LogP contribution is -2.05. The number of hydrogen-bond acceptors (Lipinski definition) is 4. The number of nitriles is 2. The molecule has 84 heavy (non-hydrogen) atoms. The van der Waals surface area contributed by atoms with E-state index in [1.54, 1.807) is 0 Å². The second kappa shape index (κ2) is 18.6. The quantitative estimate of drug-likeness (QED) is 0.159. The molecule has 0 bridgehead atoms. The number of aromatic nitrogens is 6. The fraction of sp³-hybridized carbons (Fsp3) is 0.0526. The number of para-hydroxylation sites is 2. The van der Waals surface area contributed by atoms with Crippen LogP contribution in [0.15, 0.2) is 231 Å². The van der Waals surface area contributed by atoms with E-state index in [-0.39, 0.29) is 0 Å². The molecule has 0 unspecified atom stereocenters. The van der Waals surface area contributed by atoms with Crippen LogP contribution < -0.4 is 0 Å². The lowest BCUT2D eigenvalue weighted by Gasteiger charge is -2.18. The van der Waals surface area contributed by atoms with Crippen molar-refractivity contribution in [2.24, 2.45) is 0 Å². The van der Waals surface area contributed by atoms with E-state index < -0.39 is 0 Å². The molecule has 0 fully saturated rings. The Hall–Kier alpha value is -11.3. The molecule has 0 spiro atoms. The molecule has 8 heteroatoms. The van der Waals surface area contributed by atoms with E-state index in [4.69, 9.17) is 0 Å². The molecule has 6 heterocycles. The van der Waals surface area contributed by atoms with Gasteiger partial charge in [0.15, 0.2) is 0 Å². The number of aryl methyl sites for hydroxylation is 4. The van der Waals surface area contributed by atoms with Gasteiger partial charge in [0.2, 0.25) is 0 Å². The molecule has 0 saturated carbocycles. The van der Waals surface area contributed by atoms with Gasteiger partial charge in [0.05, 0.1) is 66.9 Å². The molecule has 0 aliphatic heterocycles. The molecule has 16 rings (SSSR count). The number of fused-ring (bicyclic) bond motifs is 12. The first kappa shape index (κ1) is 48.6. The van der Waals surface area contributed by atoms with Crippen LogP contribution in [-0.2, 0) is 0 Å². The summed E-state index contributed by atoms with van der Waals surface area (Å²) in [6.07, 6.45) is 7.31. The van der Waals surface area contributed by atoms with Crippen molar-refractivity contribution in [3.63, 3.8) is 0 Å². The van der Waals surface area contributed by atoms with E-state index in [2.05, 4.69) is 250 Å². The second-order valence-corrected chi connectivity index (χ2v) is 22.4. The molecule has 0 saturated heterocycles. The van der Waals surface area contributed by atoms with Gasteiger partial charge in [0.25, 0.3) is 0 Å². The zero-order valence-corrected chi connectivity index (χ0v) is 46.5. The summed E-state index contributed by atoms with van der Waals surface area (Å²) in [5.74, 6) is 0. The summed E-state index contributed by atoms with van der Waals surface area (Å²) < 4.78 is 9.14. The topological polar surface area (TPSA) is 93.1 Å². The Morgan fingerprint density at radius 1 is 0.262 bits per heavy atom. The third kappa shape index (κ3) is 7.31. The molecule has 16 aromatic rings. The number of benzene rings is 10. The molecular weight excluding hydrogens is 1020 g/mol. The van der Waals surface area contributed by atoms with Crippen LogP contribution in [0.3, 0.4) is 0 Å². The van der Waals surface area contributed by atoms with Gasteiger partial charge in [0.1, 0.15) is 23.3 Å². The number of hydrogen-bond donors (Lipinski definition) is 0. The molecule has 0 amide bonds. The third-order valence-electron chi connectivity index (χ3n) is 17.2. The van der Waals surface area contributed by atoms with Crippen molar-refractivity contribution in [2.75, 3.05) is 0 Å². The van der Waals surface area contributed by atoms with Crippen molar-refractivity contribution in [1.29, 1.82) is 10.5 Å². The van der Waals surface area contributed by atoms with E-state index in [0.29, 0.717) is 11.1 Å². The van der Waals surface area contributed by atoms with Crippen molar-refractivity contribution < 1.29 is 0 Å². The molecule has 10 aromatic carbocycles. The van der Waals surface area contributed by atoms with Crippen LogP contribution in [-0.4, -0.2) is 28.2 Å². The molecule has 394 valence electrons. The highest BCUT2D eigenvalue weighted by Crippen LogP contribution is 2.45. The number of rotatable bonds is 7. The summed E-state index contributed by atoms with van der Waals surface area (Å²) in [6, 6.07) is 79.3. The lowest BCUT2D eigenvalue weighted by molar-refractivity contribution is 1.12. The zero-order chi connectivity index (χ0) is 56.5. The monoisotopic (exact) mass is 1070 g/mol. The Morgan fingerprint density at radius 3 is 1.01 bits per heavy atom. The highest BCUT2D eigenvalue weighted by Gasteiger charge is 2.26. The third-order valence-corrected chi connectivity index (χ3v) is 17.2. The van der Waals surface area contributed by atoms with Gasteiger partial charge in [-0.25, -0.2) is 0 Å². The van der Waals surface area contributed by atoms with Crippen molar-refractivity contribution in [1.82, 2.24) is 28.2 Å². The average Bonchev–Trinajstić information content (AvgIpc) is 2.01. The lowest BCUT2D eigenvalue weighted by atomic mass is 9.99. The molecule has 0 aliphatic carbocycles. The van der Waals surface area contributed by atoms with Gasteiger partial charge in [-0.3, -0.25) is 9.97 Å². The van der Waals surface area contributed by atoms with E-state index >= 15 is 0 Å². The van der Waals surface area contributed by atoms with Gasteiger partial charge in [-0.2, -0.15) is 10.5 Å². The highest BCUT2D eigenvalue weighted by atomic mass is 15.0. The molecule has 0 radical (unpaired) electrons. The van der Waals surface area contributed by atoms with Crippen LogP contribution in [0.4, 0.5) is 0 Å². The largest absolute Gasteiger partial charge is 0.308 e. The summed E-state index contributed by atoms with van der Waals surface area (Å²) in [5.41, 5.74) is 23.2. The zero-order valence-electron chi connectivity index (χ0n) is 46.5. The maximum Gasteiger partial charge on any atom is 0.104 e. The van der Waals surface area contributed by atoms with E-state index in [1.165, 1.54) is 5.56 Å². The van der Waals surface area contributed by atoms with E-state index in [0.717, 1.165) is 160 Å². The van der Waals surface area contributed by atoms with Gasteiger partial charge in [-0.05, 0) is 194 Å². The predicted molar refractivity (Wildman–Crippen MR) is 344 cm³/mol. The Morgan fingerprint density at radius 2 is 0.571 bits per heavy atom. The molecule has 0 N–H and O–H groups in total. The first-order valence-corrected chi connectivity index (χ1v) is 28.3. The van der Waals surface area contributed by atoms with Crippen molar-refractivity contribution >= 4 is 87.2 Å². The second-order valence-electron chi connectivity index (χ2n) is 22.4. The van der Waals surface area contributed by atoms with Crippen LogP contribution >= 0.6 is 0 Å². The van der Waals surface area contributed by atoms with Crippen LogP contribution in [0, 0.1) is 50.4 Å². The summed E-state index contributed by atoms with van der Waals surface area (Å²) in [7, 11) is 0. The van der Waals surface area contributed by atoms with Gasteiger partial charge in [0, 0.05) is 67.9 Å². The SMILES string of the molecule is Cc1ccc2c(c1)c1ccccc1n2-c1cc(-c2ccncc2)cc(-n2c3ccc(C)cc3c3cc(-c4ccc5c(c4)c4ccc(C)cc4n5-c4cc(-c5ccncc5)cc(-n5c6ccccc6c6ccc(C)cc65)c4C#N)ccc32)c1C#N. The summed E-state index contributed by atoms with van der Waals surface area (Å²) in [4.78, 5) is 8.77. The summed E-state index contributed by atoms with van der Waals surface area (Å²) >= 11 is 0. The Labute approximate surface area is 483 Å². The Kier molecular flexibility index (Phi) is 10.8. The van der Waals surface area contributed by atoms with Crippen LogP contribution in [0.5, 0.6) is 0 Å². The van der Waals surface area contributed by atoms with Crippen molar-refractivity contribution in [3.8, 4) is 68.3 Å². The molecule has 6 aromatic heterocycles. The molecule has 0 atom stereocenters. The normalized spacial score (nSPS) is 11.8. The minimum atomic E-state index is 0.569. The summed E-state index contributed by atoms with van der Waals surface area (Å²) in [6.45, 7) is 8.52.